The molecule has 2 aromatic rings. The summed E-state index contributed by atoms with van der Waals surface area (Å²) in [6.45, 7) is 2.32. The molecule has 2 amide bonds. The molecule has 0 fully saturated rings. The van der Waals surface area contributed by atoms with Crippen molar-refractivity contribution >= 4 is 33.6 Å². The number of carbonyl (C=O) groups excluding carboxylic acids is 2. The molecule has 2 N–H and O–H groups in total. The Morgan fingerprint density at radius 2 is 1.72 bits per heavy atom. The molecule has 0 bridgehead atoms. The van der Waals surface area contributed by atoms with Gasteiger partial charge in [0.15, 0.2) is 0 Å². The molecule has 0 spiro atoms. The largest absolute Gasteiger partial charge is 0.354 e. The van der Waals surface area contributed by atoms with Crippen LogP contribution in [0.3, 0.4) is 0 Å². The maximum atomic E-state index is 12.2. The topological polar surface area (TPSA) is 95.6 Å². The van der Waals surface area contributed by atoms with Gasteiger partial charge in [-0.05, 0) is 37.3 Å². The monoisotopic (exact) mass is 435 g/mol. The second-order valence-corrected chi connectivity index (χ2v) is 9.83. The molecule has 0 saturated heterocycles. The molecule has 0 atom stereocenters. The number of hydrogen-bond acceptors (Lipinski definition) is 5. The van der Waals surface area contributed by atoms with E-state index >= 15 is 0 Å². The van der Waals surface area contributed by atoms with Crippen LogP contribution in [-0.4, -0.2) is 57.5 Å². The summed E-state index contributed by atoms with van der Waals surface area (Å²) in [5, 5.41) is 5.25. The molecule has 0 radical (unpaired) electrons. The third-order valence-electron chi connectivity index (χ3n) is 4.00. The van der Waals surface area contributed by atoms with Crippen LogP contribution in [0.25, 0.3) is 0 Å². The number of sulfonamides is 1. The molecule has 29 heavy (non-hydrogen) atoms. The van der Waals surface area contributed by atoms with Crippen molar-refractivity contribution in [3.05, 3.63) is 59.7 Å². The lowest BCUT2D eigenvalue weighted by atomic mass is 10.2. The van der Waals surface area contributed by atoms with Crippen molar-refractivity contribution in [1.82, 2.24) is 14.9 Å². The molecule has 0 aliphatic rings. The Hall–Kier alpha value is -2.36. The first-order chi connectivity index (χ1) is 13.7. The molecule has 0 aliphatic heterocycles. The van der Waals surface area contributed by atoms with E-state index in [1.807, 2.05) is 31.2 Å². The molecular weight excluding hydrogens is 410 g/mol. The minimum Gasteiger partial charge on any atom is -0.354 e. The van der Waals surface area contributed by atoms with Crippen LogP contribution in [0.2, 0.25) is 0 Å². The molecule has 2 aromatic carbocycles. The summed E-state index contributed by atoms with van der Waals surface area (Å²) < 4.78 is 25.4. The second-order valence-electron chi connectivity index (χ2n) is 6.51. The highest BCUT2D eigenvalue weighted by Crippen LogP contribution is 2.17. The zero-order valence-electron chi connectivity index (χ0n) is 16.6. The number of thioether (sulfide) groups is 1. The zero-order valence-corrected chi connectivity index (χ0v) is 18.3. The Bertz CT molecular complexity index is 958. The van der Waals surface area contributed by atoms with E-state index in [1.54, 1.807) is 11.8 Å². The van der Waals surface area contributed by atoms with Gasteiger partial charge < -0.3 is 10.6 Å². The van der Waals surface area contributed by atoms with Crippen LogP contribution in [-0.2, 0) is 14.8 Å². The van der Waals surface area contributed by atoms with Crippen molar-refractivity contribution in [3.63, 3.8) is 0 Å². The lowest BCUT2D eigenvalue weighted by Crippen LogP contribution is -2.37. The van der Waals surface area contributed by atoms with Gasteiger partial charge in [0.1, 0.15) is 0 Å². The summed E-state index contributed by atoms with van der Waals surface area (Å²) in [7, 11) is -0.792. The molecular formula is C20H25N3O4S2. The fourth-order valence-electron chi connectivity index (χ4n) is 2.33. The molecule has 0 unspecified atom stereocenters. The summed E-state index contributed by atoms with van der Waals surface area (Å²) >= 11 is 1.64. The Balaban J connectivity index is 1.78. The lowest BCUT2D eigenvalue weighted by Gasteiger charge is -2.12. The van der Waals surface area contributed by atoms with Gasteiger partial charge in [-0.1, -0.05) is 23.8 Å². The van der Waals surface area contributed by atoms with Crippen molar-refractivity contribution in [2.75, 3.05) is 32.9 Å². The van der Waals surface area contributed by atoms with Crippen LogP contribution < -0.4 is 10.6 Å². The van der Waals surface area contributed by atoms with Crippen LogP contribution >= 0.6 is 11.8 Å². The molecule has 0 aromatic heterocycles. The van der Waals surface area contributed by atoms with Crippen molar-refractivity contribution in [1.29, 1.82) is 0 Å². The predicted octanol–water partition coefficient (Wildman–Crippen LogP) is 1.88. The maximum absolute atomic E-state index is 12.2. The number of nitrogens with one attached hydrogen (secondary N) is 2. The summed E-state index contributed by atoms with van der Waals surface area (Å²) in [6, 6.07) is 13.9. The number of nitrogens with zero attached hydrogens (tertiary/aromatic N) is 1. The van der Waals surface area contributed by atoms with E-state index < -0.39 is 15.9 Å². The Morgan fingerprint density at radius 3 is 2.38 bits per heavy atom. The SMILES string of the molecule is Cc1ccc(SCCNC(=O)CNC(=O)c2cccc(S(=O)(=O)N(C)C)c2)cc1. The van der Waals surface area contributed by atoms with E-state index in [2.05, 4.69) is 10.6 Å². The quantitative estimate of drug-likeness (QED) is 0.463. The van der Waals surface area contributed by atoms with Gasteiger partial charge in [-0.3, -0.25) is 9.59 Å². The van der Waals surface area contributed by atoms with Crippen molar-refractivity contribution in [3.8, 4) is 0 Å². The van der Waals surface area contributed by atoms with E-state index in [0.29, 0.717) is 12.3 Å². The van der Waals surface area contributed by atoms with Gasteiger partial charge in [0.2, 0.25) is 15.9 Å². The first kappa shape index (κ1) is 22.9. The zero-order chi connectivity index (χ0) is 21.4. The average molecular weight is 436 g/mol. The average Bonchev–Trinajstić information content (AvgIpc) is 2.70. The van der Waals surface area contributed by atoms with Gasteiger partial charge in [0, 0.05) is 36.9 Å². The highest BCUT2D eigenvalue weighted by molar-refractivity contribution is 7.99. The van der Waals surface area contributed by atoms with E-state index in [0.717, 1.165) is 9.20 Å². The van der Waals surface area contributed by atoms with Crippen LogP contribution in [0.4, 0.5) is 0 Å². The van der Waals surface area contributed by atoms with Crippen LogP contribution in [0.5, 0.6) is 0 Å². The first-order valence-electron chi connectivity index (χ1n) is 8.97. The predicted molar refractivity (Wildman–Crippen MR) is 115 cm³/mol. The fraction of sp³-hybridized carbons (Fsp3) is 0.300. The third-order valence-corrected chi connectivity index (χ3v) is 6.82. The molecule has 156 valence electrons. The molecule has 0 heterocycles. The molecule has 0 aliphatic carbocycles. The van der Waals surface area contributed by atoms with Crippen LogP contribution in [0.1, 0.15) is 15.9 Å². The van der Waals surface area contributed by atoms with Gasteiger partial charge in [0.25, 0.3) is 5.91 Å². The summed E-state index contributed by atoms with van der Waals surface area (Å²) in [6.07, 6.45) is 0. The fourth-order valence-corrected chi connectivity index (χ4v) is 4.04. The van der Waals surface area contributed by atoms with Gasteiger partial charge in [-0.2, -0.15) is 0 Å². The van der Waals surface area contributed by atoms with Crippen molar-refractivity contribution in [2.45, 2.75) is 16.7 Å². The van der Waals surface area contributed by atoms with E-state index in [4.69, 9.17) is 0 Å². The number of rotatable bonds is 9. The van der Waals surface area contributed by atoms with Gasteiger partial charge in [-0.15, -0.1) is 11.8 Å². The Labute approximate surface area is 175 Å². The second kappa shape index (κ2) is 10.4. The minimum absolute atomic E-state index is 0.0210. The number of aryl methyl sites for hydroxylation is 1. The number of amides is 2. The van der Waals surface area contributed by atoms with Crippen LogP contribution in [0, 0.1) is 6.92 Å². The standard InChI is InChI=1S/C20H25N3O4S2/c1-15-7-9-17(10-8-15)28-12-11-21-19(24)14-22-20(25)16-5-4-6-18(13-16)29(26,27)23(2)3/h4-10,13H,11-12,14H2,1-3H3,(H,21,24)(H,22,25). The van der Waals surface area contributed by atoms with E-state index in [9.17, 15) is 18.0 Å². The molecule has 7 nitrogen and oxygen atoms in total. The normalized spacial score (nSPS) is 11.3. The van der Waals surface area contributed by atoms with Gasteiger partial charge >= 0.3 is 0 Å². The molecule has 0 saturated carbocycles. The van der Waals surface area contributed by atoms with Gasteiger partial charge in [0.05, 0.1) is 11.4 Å². The Morgan fingerprint density at radius 1 is 1.03 bits per heavy atom. The van der Waals surface area contributed by atoms with E-state index in [1.165, 1.54) is 43.9 Å². The highest BCUT2D eigenvalue weighted by Gasteiger charge is 2.18. The van der Waals surface area contributed by atoms with E-state index in [-0.39, 0.29) is 22.9 Å². The lowest BCUT2D eigenvalue weighted by molar-refractivity contribution is -0.120. The van der Waals surface area contributed by atoms with Crippen LogP contribution in [0.15, 0.2) is 58.3 Å². The molecule has 9 heteroatoms. The summed E-state index contributed by atoms with van der Waals surface area (Å²) in [5.41, 5.74) is 1.37. The van der Waals surface area contributed by atoms with Crippen molar-refractivity contribution < 1.29 is 18.0 Å². The summed E-state index contributed by atoms with van der Waals surface area (Å²) in [5.74, 6) is -0.0994. The Kier molecular flexibility index (Phi) is 8.24. The highest BCUT2D eigenvalue weighted by atomic mass is 32.2. The van der Waals surface area contributed by atoms with Crippen molar-refractivity contribution in [2.24, 2.45) is 0 Å². The number of benzene rings is 2. The minimum atomic E-state index is -3.63. The van der Waals surface area contributed by atoms with Gasteiger partial charge in [-0.25, -0.2) is 12.7 Å². The maximum Gasteiger partial charge on any atom is 0.251 e. The smallest absolute Gasteiger partial charge is 0.251 e. The number of carbonyl (C=O) groups is 2. The first-order valence-corrected chi connectivity index (χ1v) is 11.4. The molecule has 2 rings (SSSR count). The third kappa shape index (κ3) is 6.88. The number of hydrogen-bond donors (Lipinski definition) is 2. The summed E-state index contributed by atoms with van der Waals surface area (Å²) in [4.78, 5) is 25.3.